The van der Waals surface area contributed by atoms with Crippen LogP contribution in [0.25, 0.3) is 22.0 Å². The number of carbonyl (C=O) groups excluding carboxylic acids is 1. The number of methoxy groups -OCH3 is 1. The Balaban J connectivity index is 1.60. The lowest BCUT2D eigenvalue weighted by molar-refractivity contribution is 0.0907. The number of aromatic nitrogens is 1. The van der Waals surface area contributed by atoms with Gasteiger partial charge in [-0.25, -0.2) is 4.98 Å². The number of pyridine rings is 1. The zero-order valence-corrected chi connectivity index (χ0v) is 21.6. The quantitative estimate of drug-likeness (QED) is 0.462. The Kier molecular flexibility index (Phi) is 7.76. The number of nitrogens with one attached hydrogen (secondary N) is 2. The van der Waals surface area contributed by atoms with Gasteiger partial charge in [-0.1, -0.05) is 31.2 Å². The molecule has 1 saturated heterocycles. The summed E-state index contributed by atoms with van der Waals surface area (Å²) in [7, 11) is 1.64. The molecule has 4 rings (SSSR count). The van der Waals surface area contributed by atoms with E-state index in [9.17, 15) is 10.1 Å². The molecule has 0 radical (unpaired) electrons. The van der Waals surface area contributed by atoms with Crippen molar-refractivity contribution in [2.24, 2.45) is 5.41 Å². The molecular formula is C29H35N5O2. The summed E-state index contributed by atoms with van der Waals surface area (Å²) < 4.78 is 5.62. The van der Waals surface area contributed by atoms with Crippen molar-refractivity contribution in [3.05, 3.63) is 54.2 Å². The molecule has 1 fully saturated rings. The number of hydrogen-bond acceptors (Lipinski definition) is 6. The Morgan fingerprint density at radius 3 is 2.64 bits per heavy atom. The van der Waals surface area contributed by atoms with Crippen LogP contribution in [0, 0.1) is 16.7 Å². The van der Waals surface area contributed by atoms with E-state index in [0.717, 1.165) is 60.2 Å². The fourth-order valence-corrected chi connectivity index (χ4v) is 4.54. The number of rotatable bonds is 8. The van der Waals surface area contributed by atoms with E-state index >= 15 is 0 Å². The molecule has 0 unspecified atom stereocenters. The number of carbonyl (C=O) groups is 1. The number of nitriles is 1. The molecule has 0 saturated carbocycles. The number of likely N-dealkylation sites (tertiary alicyclic amines) is 1. The third-order valence-electron chi connectivity index (χ3n) is 6.86. The van der Waals surface area contributed by atoms with E-state index in [2.05, 4.69) is 34.6 Å². The van der Waals surface area contributed by atoms with Crippen molar-refractivity contribution >= 4 is 22.4 Å². The van der Waals surface area contributed by atoms with Gasteiger partial charge in [0.25, 0.3) is 5.91 Å². The van der Waals surface area contributed by atoms with Gasteiger partial charge in [-0.2, -0.15) is 5.26 Å². The second-order valence-corrected chi connectivity index (χ2v) is 10.0. The molecule has 2 aromatic carbocycles. The highest BCUT2D eigenvalue weighted by atomic mass is 16.5. The molecule has 1 aliphatic rings. The lowest BCUT2D eigenvalue weighted by Gasteiger charge is -2.31. The highest BCUT2D eigenvalue weighted by molar-refractivity contribution is 5.99. The van der Waals surface area contributed by atoms with E-state index in [1.54, 1.807) is 13.2 Å². The summed E-state index contributed by atoms with van der Waals surface area (Å²) >= 11 is 0. The van der Waals surface area contributed by atoms with E-state index in [1.807, 2.05) is 50.2 Å². The third kappa shape index (κ3) is 5.77. The molecule has 1 aliphatic heterocycles. The van der Waals surface area contributed by atoms with Crippen LogP contribution in [0.2, 0.25) is 0 Å². The van der Waals surface area contributed by atoms with Gasteiger partial charge in [0.1, 0.15) is 11.4 Å². The van der Waals surface area contributed by atoms with Crippen molar-refractivity contribution in [1.82, 2.24) is 15.2 Å². The number of ether oxygens (including phenoxy) is 1. The maximum absolute atomic E-state index is 13.0. The van der Waals surface area contributed by atoms with Crippen molar-refractivity contribution in [2.45, 2.75) is 39.7 Å². The van der Waals surface area contributed by atoms with Crippen molar-refractivity contribution in [3.8, 4) is 23.1 Å². The molecule has 0 aliphatic carbocycles. The first kappa shape index (κ1) is 25.5. The summed E-state index contributed by atoms with van der Waals surface area (Å²) in [6.07, 6.45) is 1.92. The number of amides is 1. The zero-order valence-electron chi connectivity index (χ0n) is 21.6. The number of fused-ring (bicyclic) bond motifs is 1. The predicted molar refractivity (Wildman–Crippen MR) is 144 cm³/mol. The van der Waals surface area contributed by atoms with Crippen molar-refractivity contribution < 1.29 is 9.53 Å². The zero-order chi connectivity index (χ0) is 25.7. The summed E-state index contributed by atoms with van der Waals surface area (Å²) in [6.45, 7) is 9.52. The predicted octanol–water partition coefficient (Wildman–Crippen LogP) is 5.09. The van der Waals surface area contributed by atoms with E-state index in [-0.39, 0.29) is 11.9 Å². The first-order chi connectivity index (χ1) is 17.3. The molecule has 2 N–H and O–H groups in total. The molecule has 0 spiro atoms. The highest BCUT2D eigenvalue weighted by Gasteiger charge is 2.21. The second-order valence-electron chi connectivity index (χ2n) is 10.0. The Morgan fingerprint density at radius 1 is 1.19 bits per heavy atom. The monoisotopic (exact) mass is 485 g/mol. The molecule has 1 amide bonds. The van der Waals surface area contributed by atoms with Gasteiger partial charge in [0.05, 0.1) is 30.0 Å². The molecule has 0 atom stereocenters. The molecule has 1 aromatic heterocycles. The van der Waals surface area contributed by atoms with Gasteiger partial charge in [0, 0.05) is 36.6 Å². The fourth-order valence-electron chi connectivity index (χ4n) is 4.54. The molecule has 36 heavy (non-hydrogen) atoms. The molecule has 7 nitrogen and oxygen atoms in total. The average Bonchev–Trinajstić information content (AvgIpc) is 2.91. The Morgan fingerprint density at radius 2 is 1.94 bits per heavy atom. The van der Waals surface area contributed by atoms with Crippen LogP contribution in [0.3, 0.4) is 0 Å². The van der Waals surface area contributed by atoms with Crippen LogP contribution in [-0.2, 0) is 0 Å². The maximum Gasteiger partial charge on any atom is 0.270 e. The van der Waals surface area contributed by atoms with Gasteiger partial charge in [-0.05, 0) is 62.9 Å². The van der Waals surface area contributed by atoms with E-state index < -0.39 is 5.41 Å². The molecule has 2 heterocycles. The van der Waals surface area contributed by atoms with Crippen LogP contribution in [0.15, 0.2) is 48.5 Å². The van der Waals surface area contributed by atoms with E-state index in [4.69, 9.17) is 9.72 Å². The molecule has 0 bridgehead atoms. The minimum absolute atomic E-state index is 0.129. The van der Waals surface area contributed by atoms with Crippen molar-refractivity contribution in [2.75, 3.05) is 38.6 Å². The van der Waals surface area contributed by atoms with Gasteiger partial charge in [0.15, 0.2) is 0 Å². The molecule has 188 valence electrons. The maximum atomic E-state index is 13.0. The van der Waals surface area contributed by atoms with Gasteiger partial charge in [-0.15, -0.1) is 0 Å². The number of benzene rings is 2. The summed E-state index contributed by atoms with van der Waals surface area (Å²) in [6, 6.07) is 18.1. The van der Waals surface area contributed by atoms with Crippen LogP contribution in [0.5, 0.6) is 5.75 Å². The number of hydrogen-bond donors (Lipinski definition) is 2. The summed E-state index contributed by atoms with van der Waals surface area (Å²) in [4.78, 5) is 20.1. The second kappa shape index (κ2) is 11.0. The van der Waals surface area contributed by atoms with Crippen LogP contribution in [0.1, 0.15) is 44.1 Å². The van der Waals surface area contributed by atoms with Crippen molar-refractivity contribution in [1.29, 1.82) is 5.26 Å². The summed E-state index contributed by atoms with van der Waals surface area (Å²) in [5, 5.41) is 18.0. The Labute approximate surface area is 213 Å². The average molecular weight is 486 g/mol. The van der Waals surface area contributed by atoms with Crippen LogP contribution in [-0.4, -0.2) is 55.1 Å². The molecular weight excluding hydrogens is 450 g/mol. The van der Waals surface area contributed by atoms with Crippen LogP contribution in [0.4, 0.5) is 5.69 Å². The Hall–Kier alpha value is -3.63. The third-order valence-corrected chi connectivity index (χ3v) is 6.86. The van der Waals surface area contributed by atoms with E-state index in [1.165, 1.54) is 0 Å². The van der Waals surface area contributed by atoms with E-state index in [0.29, 0.717) is 18.0 Å². The first-order valence-electron chi connectivity index (χ1n) is 12.6. The summed E-state index contributed by atoms with van der Waals surface area (Å²) in [5.41, 5.74) is 2.37. The molecule has 7 heteroatoms. The minimum atomic E-state index is -0.527. The highest BCUT2D eigenvalue weighted by Crippen LogP contribution is 2.36. The van der Waals surface area contributed by atoms with Crippen molar-refractivity contribution in [3.63, 3.8) is 0 Å². The SMILES string of the molecule is CCN1CCC(NC(=O)c2cccc(-c3ccc4ccc(OC)c(NCC(C)(C)C#N)c4c3)n2)CC1. The standard InChI is InChI=1S/C29H35N5O2/c1-5-34-15-13-22(14-16-34)32-28(35)25-8-6-7-24(33-25)21-10-9-20-11-12-26(36-4)27(23(20)17-21)31-19-29(2,3)18-30/h6-12,17,22,31H,5,13-16,19H2,1-4H3,(H,32,35). The number of piperidine rings is 1. The fraction of sp³-hybridized carbons (Fsp3) is 0.414. The Bertz CT molecular complexity index is 1270. The largest absolute Gasteiger partial charge is 0.495 e. The van der Waals surface area contributed by atoms with Gasteiger partial charge in [0.2, 0.25) is 0 Å². The lowest BCUT2D eigenvalue weighted by atomic mass is 9.95. The van der Waals surface area contributed by atoms with Crippen LogP contribution >= 0.6 is 0 Å². The first-order valence-corrected chi connectivity index (χ1v) is 12.6. The summed E-state index contributed by atoms with van der Waals surface area (Å²) in [5.74, 6) is 0.582. The van der Waals surface area contributed by atoms with Gasteiger partial charge >= 0.3 is 0 Å². The number of anilines is 1. The number of nitrogens with zero attached hydrogens (tertiary/aromatic N) is 3. The smallest absolute Gasteiger partial charge is 0.270 e. The normalized spacial score (nSPS) is 14.9. The lowest BCUT2D eigenvalue weighted by Crippen LogP contribution is -2.44. The molecule has 3 aromatic rings. The minimum Gasteiger partial charge on any atom is -0.495 e. The van der Waals surface area contributed by atoms with Gasteiger partial charge < -0.3 is 20.3 Å². The van der Waals surface area contributed by atoms with Gasteiger partial charge in [-0.3, -0.25) is 4.79 Å². The van der Waals surface area contributed by atoms with Crippen LogP contribution < -0.4 is 15.4 Å². The topological polar surface area (TPSA) is 90.3 Å².